The number of rotatable bonds is 13. The molecule has 158 valence electrons. The van der Waals surface area contributed by atoms with Crippen LogP contribution in [-0.2, 0) is 23.9 Å². The maximum Gasteiger partial charge on any atom is 0.371 e. The molecule has 1 aliphatic carbocycles. The fourth-order valence-electron chi connectivity index (χ4n) is 3.44. The molecule has 1 N–H and O–H groups in total. The lowest BCUT2D eigenvalue weighted by Gasteiger charge is -2.15. The minimum absolute atomic E-state index is 0.0551. The van der Waals surface area contributed by atoms with Crippen molar-refractivity contribution in [1.29, 1.82) is 0 Å². The Morgan fingerprint density at radius 1 is 1.32 bits per heavy atom. The predicted molar refractivity (Wildman–Crippen MR) is 107 cm³/mol. The van der Waals surface area contributed by atoms with E-state index in [2.05, 4.69) is 30.7 Å². The van der Waals surface area contributed by atoms with Gasteiger partial charge < -0.3 is 14.6 Å². The zero-order valence-electron chi connectivity index (χ0n) is 17.3. The van der Waals surface area contributed by atoms with Gasteiger partial charge in [0.2, 0.25) is 5.76 Å². The average molecular weight is 395 g/mol. The van der Waals surface area contributed by atoms with Gasteiger partial charge in [0.25, 0.3) is 0 Å². The van der Waals surface area contributed by atoms with Crippen molar-refractivity contribution in [2.45, 2.75) is 78.2 Å². The average Bonchev–Trinajstić information content (AvgIpc) is 2.98. The molecule has 6 nitrogen and oxygen atoms in total. The molecule has 0 radical (unpaired) electrons. The van der Waals surface area contributed by atoms with E-state index < -0.39 is 11.9 Å². The molecule has 0 bridgehead atoms. The number of carboxylic acids is 1. The summed E-state index contributed by atoms with van der Waals surface area (Å²) in [6, 6.07) is 0. The molecule has 0 heterocycles. The Bertz CT molecular complexity index is 578. The number of esters is 1. The largest absolute Gasteiger partial charge is 0.475 e. The van der Waals surface area contributed by atoms with Gasteiger partial charge in [0.1, 0.15) is 5.78 Å². The second kappa shape index (κ2) is 13.3. The van der Waals surface area contributed by atoms with Gasteiger partial charge in [-0.2, -0.15) is 0 Å². The number of Topliss-reactive ketones (excluding diaryl/α,β-unsaturated/α-hetero) is 1. The molecule has 0 aromatic rings. The normalized spacial score (nSPS) is 21.2. The van der Waals surface area contributed by atoms with Crippen LogP contribution in [-0.4, -0.2) is 35.5 Å². The number of aliphatic carboxylic acids is 1. The predicted octanol–water partition coefficient (Wildman–Crippen LogP) is 4.44. The number of ketones is 1. The molecule has 0 spiro atoms. The summed E-state index contributed by atoms with van der Waals surface area (Å²) in [6.07, 6.45) is 12.2. The maximum absolute atomic E-state index is 12.2. The van der Waals surface area contributed by atoms with Crippen molar-refractivity contribution in [3.8, 4) is 0 Å². The van der Waals surface area contributed by atoms with E-state index in [1.807, 2.05) is 0 Å². The van der Waals surface area contributed by atoms with Crippen LogP contribution < -0.4 is 0 Å². The van der Waals surface area contributed by atoms with Crippen molar-refractivity contribution in [1.82, 2.24) is 0 Å². The standard InChI is InChI=1S/C22H34O6/c1-4-15-27-16(2)9-8-10-18-13-14-20(24)19(18)11-6-5-7-12-21(22(25)26)28-17(3)23/h8,10,12,16,18-19H,4-7,9,11,13-15H2,1-3H3,(H,25,26)/b10-8+,21-12-/t16?,18-,19+/m0/s1. The second-order valence-electron chi connectivity index (χ2n) is 7.37. The molecule has 1 unspecified atom stereocenters. The van der Waals surface area contributed by atoms with Crippen molar-refractivity contribution < 1.29 is 29.0 Å². The number of unbranched alkanes of at least 4 members (excludes halogenated alkanes) is 2. The maximum atomic E-state index is 12.2. The fourth-order valence-corrected chi connectivity index (χ4v) is 3.44. The van der Waals surface area contributed by atoms with E-state index >= 15 is 0 Å². The van der Waals surface area contributed by atoms with E-state index in [1.54, 1.807) is 0 Å². The number of hydrogen-bond acceptors (Lipinski definition) is 5. The Morgan fingerprint density at radius 2 is 2.07 bits per heavy atom. The van der Waals surface area contributed by atoms with Crippen LogP contribution in [0.3, 0.4) is 0 Å². The molecule has 0 aliphatic heterocycles. The van der Waals surface area contributed by atoms with Crippen LogP contribution in [0, 0.1) is 11.8 Å². The number of carbonyl (C=O) groups excluding carboxylic acids is 2. The third-order valence-corrected chi connectivity index (χ3v) is 4.88. The summed E-state index contributed by atoms with van der Waals surface area (Å²) >= 11 is 0. The Morgan fingerprint density at radius 3 is 2.71 bits per heavy atom. The summed E-state index contributed by atoms with van der Waals surface area (Å²) in [6.45, 7) is 6.10. The molecule has 6 heteroatoms. The zero-order valence-corrected chi connectivity index (χ0v) is 17.3. The summed E-state index contributed by atoms with van der Waals surface area (Å²) in [5.41, 5.74) is 0. The first-order chi connectivity index (χ1) is 13.3. The van der Waals surface area contributed by atoms with E-state index in [9.17, 15) is 14.4 Å². The first kappa shape index (κ1) is 24.1. The molecular weight excluding hydrogens is 360 g/mol. The first-order valence-electron chi connectivity index (χ1n) is 10.3. The van der Waals surface area contributed by atoms with Crippen LogP contribution in [0.15, 0.2) is 24.0 Å². The monoisotopic (exact) mass is 394 g/mol. The van der Waals surface area contributed by atoms with Crippen molar-refractivity contribution in [3.63, 3.8) is 0 Å². The molecule has 0 saturated heterocycles. The van der Waals surface area contributed by atoms with Crippen molar-refractivity contribution in [3.05, 3.63) is 24.0 Å². The highest BCUT2D eigenvalue weighted by molar-refractivity contribution is 5.87. The summed E-state index contributed by atoms with van der Waals surface area (Å²) in [4.78, 5) is 34.1. The highest BCUT2D eigenvalue weighted by Crippen LogP contribution is 2.34. The van der Waals surface area contributed by atoms with E-state index in [0.29, 0.717) is 18.6 Å². The summed E-state index contributed by atoms with van der Waals surface area (Å²) in [7, 11) is 0. The van der Waals surface area contributed by atoms with E-state index in [1.165, 1.54) is 13.0 Å². The molecule has 0 aromatic carbocycles. The molecule has 1 saturated carbocycles. The van der Waals surface area contributed by atoms with Gasteiger partial charge in [-0.3, -0.25) is 9.59 Å². The number of carboxylic acid groups (broad SMARTS) is 1. The van der Waals surface area contributed by atoms with Crippen molar-refractivity contribution in [2.75, 3.05) is 6.61 Å². The van der Waals surface area contributed by atoms with E-state index in [-0.39, 0.29) is 23.7 Å². The van der Waals surface area contributed by atoms with Gasteiger partial charge in [0.05, 0.1) is 6.10 Å². The fraction of sp³-hybridized carbons (Fsp3) is 0.682. The van der Waals surface area contributed by atoms with Gasteiger partial charge in [-0.25, -0.2) is 4.79 Å². The lowest BCUT2D eigenvalue weighted by atomic mass is 9.89. The summed E-state index contributed by atoms with van der Waals surface area (Å²) < 4.78 is 10.3. The minimum Gasteiger partial charge on any atom is -0.475 e. The van der Waals surface area contributed by atoms with Gasteiger partial charge in [0.15, 0.2) is 0 Å². The van der Waals surface area contributed by atoms with Crippen LogP contribution in [0.4, 0.5) is 0 Å². The lowest BCUT2D eigenvalue weighted by Crippen LogP contribution is -2.13. The Balaban J connectivity index is 2.41. The highest BCUT2D eigenvalue weighted by Gasteiger charge is 2.32. The van der Waals surface area contributed by atoms with Crippen LogP contribution in [0.5, 0.6) is 0 Å². The number of allylic oxidation sites excluding steroid dienone is 2. The van der Waals surface area contributed by atoms with Crippen molar-refractivity contribution in [2.24, 2.45) is 11.8 Å². The summed E-state index contributed by atoms with van der Waals surface area (Å²) in [5.74, 6) is -1.55. The van der Waals surface area contributed by atoms with E-state index in [4.69, 9.17) is 9.84 Å². The van der Waals surface area contributed by atoms with Gasteiger partial charge in [-0.1, -0.05) is 25.5 Å². The third-order valence-electron chi connectivity index (χ3n) is 4.88. The molecule has 0 aromatic heterocycles. The number of hydrogen-bond donors (Lipinski definition) is 1. The quantitative estimate of drug-likeness (QED) is 0.163. The zero-order chi connectivity index (χ0) is 20.9. The smallest absolute Gasteiger partial charge is 0.371 e. The van der Waals surface area contributed by atoms with Crippen LogP contribution in [0.25, 0.3) is 0 Å². The third kappa shape index (κ3) is 9.31. The Hall–Kier alpha value is -1.95. The van der Waals surface area contributed by atoms with Gasteiger partial charge >= 0.3 is 11.9 Å². The topological polar surface area (TPSA) is 89.9 Å². The molecule has 0 amide bonds. The first-order valence-corrected chi connectivity index (χ1v) is 10.3. The number of carbonyl (C=O) groups is 3. The molecule has 1 fully saturated rings. The molecule has 28 heavy (non-hydrogen) atoms. The molecule has 1 rings (SSSR count). The van der Waals surface area contributed by atoms with Crippen LogP contribution in [0.2, 0.25) is 0 Å². The second-order valence-corrected chi connectivity index (χ2v) is 7.37. The summed E-state index contributed by atoms with van der Waals surface area (Å²) in [5, 5.41) is 8.98. The van der Waals surface area contributed by atoms with Gasteiger partial charge in [-0.15, -0.1) is 0 Å². The van der Waals surface area contributed by atoms with Crippen LogP contribution in [0.1, 0.15) is 72.1 Å². The van der Waals surface area contributed by atoms with Gasteiger partial charge in [-0.05, 0) is 57.4 Å². The van der Waals surface area contributed by atoms with Gasteiger partial charge in [0, 0.05) is 25.9 Å². The number of ether oxygens (including phenoxy) is 2. The Labute approximate surface area is 168 Å². The van der Waals surface area contributed by atoms with E-state index in [0.717, 1.165) is 45.1 Å². The highest BCUT2D eigenvalue weighted by atomic mass is 16.6. The Kier molecular flexibility index (Phi) is 11.4. The lowest BCUT2D eigenvalue weighted by molar-refractivity contribution is -0.146. The van der Waals surface area contributed by atoms with Crippen molar-refractivity contribution >= 4 is 17.7 Å². The molecule has 1 aliphatic rings. The molecule has 3 atom stereocenters. The molecular formula is C22H34O6. The minimum atomic E-state index is -1.25. The van der Waals surface area contributed by atoms with Crippen LogP contribution >= 0.6 is 0 Å². The SMILES string of the molecule is CCCOC(C)C/C=C/[C@H]1CCC(=O)[C@@H]1CCCC/C=C(\OC(C)=O)C(=O)O.